The molecule has 0 unspecified atom stereocenters. The smallest absolute Gasteiger partial charge is 0.0991 e. The Balaban J connectivity index is 2.52. The van der Waals surface area contributed by atoms with Gasteiger partial charge in [0, 0.05) is 6.04 Å². The lowest BCUT2D eigenvalue weighted by atomic mass is 9.86. The number of nitrogens with two attached hydrogens (primary N) is 1. The van der Waals surface area contributed by atoms with E-state index in [0.29, 0.717) is 5.56 Å². The maximum absolute atomic E-state index is 8.79. The quantitative estimate of drug-likeness (QED) is 0.674. The highest BCUT2D eigenvalue weighted by atomic mass is 14.7. The van der Waals surface area contributed by atoms with E-state index in [-0.39, 0.29) is 11.5 Å². The van der Waals surface area contributed by atoms with E-state index in [1.165, 1.54) is 5.56 Å². The van der Waals surface area contributed by atoms with Crippen molar-refractivity contribution in [1.82, 2.24) is 0 Å². The third-order valence-electron chi connectivity index (χ3n) is 3.10. The number of fused-ring (bicyclic) bond motifs is 1. The Bertz CT molecular complexity index is 413. The second-order valence-electron chi connectivity index (χ2n) is 4.67. The summed E-state index contributed by atoms with van der Waals surface area (Å²) in [5.74, 6) is 0. The van der Waals surface area contributed by atoms with Crippen LogP contribution in [-0.4, -0.2) is 0 Å². The summed E-state index contributed by atoms with van der Waals surface area (Å²) in [6, 6.07) is 8.03. The molecule has 2 heteroatoms. The van der Waals surface area contributed by atoms with Crippen molar-refractivity contribution in [3.05, 3.63) is 34.9 Å². The van der Waals surface area contributed by atoms with E-state index in [2.05, 4.69) is 19.9 Å². The zero-order valence-corrected chi connectivity index (χ0v) is 8.54. The Kier molecular flexibility index (Phi) is 1.87. The van der Waals surface area contributed by atoms with Crippen LogP contribution >= 0.6 is 0 Å². The van der Waals surface area contributed by atoms with Gasteiger partial charge in [0.25, 0.3) is 0 Å². The highest BCUT2D eigenvalue weighted by molar-refractivity contribution is 5.44. The Morgan fingerprint density at radius 1 is 1.50 bits per heavy atom. The average Bonchev–Trinajstić information content (AvgIpc) is 2.38. The standard InChI is InChI=1S/C12H14N2/c1-12(2)6-9-4-3-8(7-13)5-10(9)11(12)14/h3-5,11H,6,14H2,1-2H3/t11-/m1/s1. The van der Waals surface area contributed by atoms with Crippen LogP contribution in [0.2, 0.25) is 0 Å². The van der Waals surface area contributed by atoms with Gasteiger partial charge >= 0.3 is 0 Å². The summed E-state index contributed by atoms with van der Waals surface area (Å²) in [5.41, 5.74) is 9.41. The van der Waals surface area contributed by atoms with Crippen LogP contribution in [0.15, 0.2) is 18.2 Å². The molecule has 0 aromatic heterocycles. The van der Waals surface area contributed by atoms with E-state index in [9.17, 15) is 0 Å². The second-order valence-corrected chi connectivity index (χ2v) is 4.67. The summed E-state index contributed by atoms with van der Waals surface area (Å²) in [7, 11) is 0. The number of rotatable bonds is 0. The molecule has 0 spiro atoms. The van der Waals surface area contributed by atoms with E-state index in [4.69, 9.17) is 11.0 Å². The molecule has 0 amide bonds. The van der Waals surface area contributed by atoms with Crippen LogP contribution in [0.4, 0.5) is 0 Å². The lowest BCUT2D eigenvalue weighted by Gasteiger charge is -2.23. The van der Waals surface area contributed by atoms with E-state index < -0.39 is 0 Å². The zero-order valence-electron chi connectivity index (χ0n) is 8.54. The monoisotopic (exact) mass is 186 g/mol. The van der Waals surface area contributed by atoms with Gasteiger partial charge in [0.05, 0.1) is 11.6 Å². The van der Waals surface area contributed by atoms with Gasteiger partial charge in [-0.15, -0.1) is 0 Å². The SMILES string of the molecule is CC1(C)Cc2ccc(C#N)cc2[C@H]1N. The zero-order chi connectivity index (χ0) is 10.3. The predicted octanol–water partition coefficient (Wildman–Crippen LogP) is 2.14. The molecule has 0 heterocycles. The molecule has 1 aliphatic rings. The average molecular weight is 186 g/mol. The minimum Gasteiger partial charge on any atom is -0.323 e. The number of benzene rings is 1. The largest absolute Gasteiger partial charge is 0.323 e. The minimum atomic E-state index is 0.0609. The van der Waals surface area contributed by atoms with Gasteiger partial charge in [0.1, 0.15) is 0 Å². The van der Waals surface area contributed by atoms with Crippen LogP contribution in [0.1, 0.15) is 36.6 Å². The summed E-state index contributed by atoms with van der Waals surface area (Å²) in [5, 5.41) is 8.79. The molecule has 0 saturated carbocycles. The molecular formula is C12H14N2. The fourth-order valence-corrected chi connectivity index (χ4v) is 2.14. The van der Waals surface area contributed by atoms with Crippen LogP contribution in [0.3, 0.4) is 0 Å². The Hall–Kier alpha value is -1.33. The van der Waals surface area contributed by atoms with Gasteiger partial charge in [-0.2, -0.15) is 5.26 Å². The third kappa shape index (κ3) is 1.21. The molecule has 0 saturated heterocycles. The van der Waals surface area contributed by atoms with Crippen molar-refractivity contribution in [3.8, 4) is 6.07 Å². The van der Waals surface area contributed by atoms with Crippen molar-refractivity contribution in [1.29, 1.82) is 5.26 Å². The van der Waals surface area contributed by atoms with Gasteiger partial charge in [-0.1, -0.05) is 19.9 Å². The van der Waals surface area contributed by atoms with Gasteiger partial charge in [0.2, 0.25) is 0 Å². The topological polar surface area (TPSA) is 49.8 Å². The molecule has 0 aliphatic heterocycles. The lowest BCUT2D eigenvalue weighted by Crippen LogP contribution is -2.24. The van der Waals surface area contributed by atoms with Crippen molar-refractivity contribution >= 4 is 0 Å². The minimum absolute atomic E-state index is 0.0609. The summed E-state index contributed by atoms with van der Waals surface area (Å²) in [6.45, 7) is 4.34. The number of nitrogens with zero attached hydrogens (tertiary/aromatic N) is 1. The second kappa shape index (κ2) is 2.83. The molecular weight excluding hydrogens is 172 g/mol. The molecule has 14 heavy (non-hydrogen) atoms. The molecule has 1 atom stereocenters. The lowest BCUT2D eigenvalue weighted by molar-refractivity contribution is 0.319. The predicted molar refractivity (Wildman–Crippen MR) is 55.6 cm³/mol. The van der Waals surface area contributed by atoms with E-state index in [1.807, 2.05) is 18.2 Å². The first kappa shape index (κ1) is 9.23. The maximum Gasteiger partial charge on any atom is 0.0991 e. The molecule has 0 bridgehead atoms. The van der Waals surface area contributed by atoms with Crippen molar-refractivity contribution < 1.29 is 0 Å². The first-order chi connectivity index (χ1) is 6.54. The van der Waals surface area contributed by atoms with Crippen LogP contribution in [0.5, 0.6) is 0 Å². The summed E-state index contributed by atoms with van der Waals surface area (Å²) < 4.78 is 0. The van der Waals surface area contributed by atoms with Crippen LogP contribution in [0, 0.1) is 16.7 Å². The Morgan fingerprint density at radius 2 is 2.21 bits per heavy atom. The van der Waals surface area contributed by atoms with Crippen LogP contribution < -0.4 is 5.73 Å². The fraction of sp³-hybridized carbons (Fsp3) is 0.417. The first-order valence-electron chi connectivity index (χ1n) is 4.83. The Labute approximate surface area is 84.3 Å². The first-order valence-corrected chi connectivity index (χ1v) is 4.83. The number of hydrogen-bond acceptors (Lipinski definition) is 2. The molecule has 2 N–H and O–H groups in total. The van der Waals surface area contributed by atoms with Gasteiger partial charge in [-0.25, -0.2) is 0 Å². The highest BCUT2D eigenvalue weighted by Crippen LogP contribution is 2.43. The molecule has 1 aliphatic carbocycles. The molecule has 1 aromatic carbocycles. The Morgan fingerprint density at radius 3 is 2.86 bits per heavy atom. The van der Waals surface area contributed by atoms with E-state index >= 15 is 0 Å². The molecule has 1 aromatic rings. The van der Waals surface area contributed by atoms with Gasteiger partial charge in [0.15, 0.2) is 0 Å². The number of nitriles is 1. The molecule has 0 radical (unpaired) electrons. The molecule has 2 nitrogen and oxygen atoms in total. The number of hydrogen-bond donors (Lipinski definition) is 1. The third-order valence-corrected chi connectivity index (χ3v) is 3.10. The van der Waals surface area contributed by atoms with Crippen molar-refractivity contribution in [2.45, 2.75) is 26.3 Å². The van der Waals surface area contributed by atoms with E-state index in [0.717, 1.165) is 12.0 Å². The fourth-order valence-electron chi connectivity index (χ4n) is 2.14. The molecule has 0 fully saturated rings. The molecule has 72 valence electrons. The summed E-state index contributed by atoms with van der Waals surface area (Å²) in [4.78, 5) is 0. The maximum atomic E-state index is 8.79. The van der Waals surface area contributed by atoms with Crippen LogP contribution in [0.25, 0.3) is 0 Å². The van der Waals surface area contributed by atoms with Crippen molar-refractivity contribution in [2.24, 2.45) is 11.1 Å². The van der Waals surface area contributed by atoms with Gasteiger partial charge in [-0.3, -0.25) is 0 Å². The summed E-state index contributed by atoms with van der Waals surface area (Å²) >= 11 is 0. The molecule has 2 rings (SSSR count). The van der Waals surface area contributed by atoms with Gasteiger partial charge in [-0.05, 0) is 35.1 Å². The summed E-state index contributed by atoms with van der Waals surface area (Å²) in [6.07, 6.45) is 1.01. The normalized spacial score (nSPS) is 22.9. The highest BCUT2D eigenvalue weighted by Gasteiger charge is 2.36. The van der Waals surface area contributed by atoms with Crippen molar-refractivity contribution in [2.75, 3.05) is 0 Å². The van der Waals surface area contributed by atoms with Crippen LogP contribution in [-0.2, 0) is 6.42 Å². The van der Waals surface area contributed by atoms with Gasteiger partial charge < -0.3 is 5.73 Å². The van der Waals surface area contributed by atoms with E-state index in [1.54, 1.807) is 0 Å². The van der Waals surface area contributed by atoms with Crippen molar-refractivity contribution in [3.63, 3.8) is 0 Å².